The van der Waals surface area contributed by atoms with Gasteiger partial charge < -0.3 is 15.5 Å². The summed E-state index contributed by atoms with van der Waals surface area (Å²) < 4.78 is 26.8. The van der Waals surface area contributed by atoms with Gasteiger partial charge in [-0.25, -0.2) is 8.78 Å². The molecule has 3 amide bonds. The van der Waals surface area contributed by atoms with E-state index >= 15 is 0 Å². The summed E-state index contributed by atoms with van der Waals surface area (Å²) in [5, 5.41) is 5.28. The van der Waals surface area contributed by atoms with Gasteiger partial charge in [0, 0.05) is 32.1 Å². The van der Waals surface area contributed by atoms with Gasteiger partial charge in [0.15, 0.2) is 0 Å². The fourth-order valence-electron chi connectivity index (χ4n) is 4.23. The molecule has 0 aliphatic carbocycles. The smallest absolute Gasteiger partial charge is 0.246 e. The van der Waals surface area contributed by atoms with Crippen LogP contribution in [0.2, 0.25) is 0 Å². The van der Waals surface area contributed by atoms with Crippen LogP contribution < -0.4 is 10.6 Å². The Morgan fingerprint density at radius 3 is 2.03 bits per heavy atom. The molecule has 3 aromatic rings. The highest BCUT2D eigenvalue weighted by Gasteiger charge is 2.32. The number of amides is 3. The number of nitrogens with zero attached hydrogens (tertiary/aromatic N) is 1. The number of carbonyl (C=O) groups excluding carboxylic acids is 3. The molecule has 1 aliphatic heterocycles. The number of rotatable bonds is 8. The van der Waals surface area contributed by atoms with E-state index in [0.717, 1.165) is 34.9 Å². The van der Waals surface area contributed by atoms with Gasteiger partial charge in [0.25, 0.3) is 0 Å². The second-order valence-corrected chi connectivity index (χ2v) is 8.93. The molecule has 6 nitrogen and oxygen atoms in total. The van der Waals surface area contributed by atoms with Crippen LogP contribution in [0.15, 0.2) is 72.8 Å². The van der Waals surface area contributed by atoms with Gasteiger partial charge in [-0.3, -0.25) is 14.4 Å². The second kappa shape index (κ2) is 11.1. The first-order chi connectivity index (χ1) is 17.3. The summed E-state index contributed by atoms with van der Waals surface area (Å²) in [5.74, 6) is -4.08. The van der Waals surface area contributed by atoms with Crippen molar-refractivity contribution in [3.05, 3.63) is 107 Å². The van der Waals surface area contributed by atoms with Crippen LogP contribution in [-0.2, 0) is 40.4 Å². The predicted octanol–water partition coefficient (Wildman–Crippen LogP) is 3.49. The Hall–Kier alpha value is -4.07. The third-order valence-electron chi connectivity index (χ3n) is 6.23. The van der Waals surface area contributed by atoms with E-state index in [-0.39, 0.29) is 24.4 Å². The number of hydrogen-bond donors (Lipinski definition) is 2. The largest absolute Gasteiger partial charge is 0.351 e. The van der Waals surface area contributed by atoms with E-state index in [9.17, 15) is 23.2 Å². The Labute approximate surface area is 208 Å². The molecule has 36 heavy (non-hydrogen) atoms. The van der Waals surface area contributed by atoms with Gasteiger partial charge in [0.1, 0.15) is 23.6 Å². The van der Waals surface area contributed by atoms with Crippen LogP contribution in [0.1, 0.15) is 29.2 Å². The Balaban J connectivity index is 1.42. The molecule has 0 fully saturated rings. The SMILES string of the molecule is CC(C(=O)NCc1cc(F)cc(F)c1)C(=O)NC(Cc1ccccc1)C(=O)N1Cc2ccccc2C1. The van der Waals surface area contributed by atoms with E-state index in [1.54, 1.807) is 4.90 Å². The number of carbonyl (C=O) groups is 3. The van der Waals surface area contributed by atoms with Crippen molar-refractivity contribution in [3.8, 4) is 0 Å². The molecule has 0 aromatic heterocycles. The number of nitrogens with one attached hydrogen (secondary N) is 2. The average Bonchev–Trinajstić information content (AvgIpc) is 3.30. The molecule has 3 aromatic carbocycles. The molecule has 0 saturated carbocycles. The summed E-state index contributed by atoms with van der Waals surface area (Å²) >= 11 is 0. The molecular formula is C28H27F2N3O3. The molecule has 0 bridgehead atoms. The maximum Gasteiger partial charge on any atom is 0.246 e. The van der Waals surface area contributed by atoms with Gasteiger partial charge in [0.05, 0.1) is 0 Å². The Morgan fingerprint density at radius 1 is 0.833 bits per heavy atom. The summed E-state index contributed by atoms with van der Waals surface area (Å²) in [7, 11) is 0. The van der Waals surface area contributed by atoms with E-state index in [2.05, 4.69) is 10.6 Å². The molecule has 1 heterocycles. The van der Waals surface area contributed by atoms with Gasteiger partial charge in [-0.2, -0.15) is 0 Å². The minimum absolute atomic E-state index is 0.135. The monoisotopic (exact) mass is 491 g/mol. The van der Waals surface area contributed by atoms with Crippen LogP contribution in [0, 0.1) is 17.6 Å². The molecule has 8 heteroatoms. The third-order valence-corrected chi connectivity index (χ3v) is 6.23. The molecule has 2 N–H and O–H groups in total. The van der Waals surface area contributed by atoms with E-state index in [4.69, 9.17) is 0 Å². The van der Waals surface area contributed by atoms with E-state index in [0.29, 0.717) is 13.1 Å². The molecule has 1 aliphatic rings. The second-order valence-electron chi connectivity index (χ2n) is 8.93. The summed E-state index contributed by atoms with van der Waals surface area (Å²) in [5.41, 5.74) is 3.24. The molecule has 0 spiro atoms. The zero-order chi connectivity index (χ0) is 25.7. The maximum atomic E-state index is 13.5. The topological polar surface area (TPSA) is 78.5 Å². The molecule has 4 rings (SSSR count). The van der Waals surface area contributed by atoms with E-state index in [1.807, 2.05) is 54.6 Å². The van der Waals surface area contributed by atoms with E-state index < -0.39 is 35.4 Å². The van der Waals surface area contributed by atoms with Crippen molar-refractivity contribution >= 4 is 17.7 Å². The molecule has 0 saturated heterocycles. The molecular weight excluding hydrogens is 464 g/mol. The van der Waals surface area contributed by atoms with Crippen molar-refractivity contribution in [2.24, 2.45) is 5.92 Å². The number of halogens is 2. The molecule has 2 atom stereocenters. The lowest BCUT2D eigenvalue weighted by molar-refractivity contribution is -0.140. The minimum atomic E-state index is -1.12. The normalized spacial score (nSPS) is 14.0. The Morgan fingerprint density at radius 2 is 1.42 bits per heavy atom. The van der Waals surface area contributed by atoms with Crippen molar-refractivity contribution in [1.82, 2.24) is 15.5 Å². The number of fused-ring (bicyclic) bond motifs is 1. The quantitative estimate of drug-likeness (QED) is 0.474. The van der Waals surface area contributed by atoms with Gasteiger partial charge in [-0.1, -0.05) is 54.6 Å². The first-order valence-electron chi connectivity index (χ1n) is 11.7. The van der Waals surface area contributed by atoms with Gasteiger partial charge in [-0.05, 0) is 41.3 Å². The van der Waals surface area contributed by atoms with Crippen molar-refractivity contribution < 1.29 is 23.2 Å². The highest BCUT2D eigenvalue weighted by atomic mass is 19.1. The summed E-state index contributed by atoms with van der Waals surface area (Å²) in [4.78, 5) is 40.7. The van der Waals surface area contributed by atoms with Crippen LogP contribution in [-0.4, -0.2) is 28.7 Å². The molecule has 0 radical (unpaired) electrons. The standard InChI is InChI=1S/C28H27F2N3O3/c1-18(26(34)31-15-20-11-23(29)14-24(30)12-20)27(35)32-25(13-19-7-3-2-4-8-19)28(36)33-16-21-9-5-6-10-22(21)17-33/h2-12,14,18,25H,13,15-17H2,1H3,(H,31,34)(H,32,35). The van der Waals surface area contributed by atoms with Crippen LogP contribution in [0.5, 0.6) is 0 Å². The molecule has 2 unspecified atom stereocenters. The zero-order valence-corrected chi connectivity index (χ0v) is 19.8. The van der Waals surface area contributed by atoms with Gasteiger partial charge in [-0.15, -0.1) is 0 Å². The first-order valence-corrected chi connectivity index (χ1v) is 11.7. The predicted molar refractivity (Wildman–Crippen MR) is 130 cm³/mol. The zero-order valence-electron chi connectivity index (χ0n) is 19.8. The summed E-state index contributed by atoms with van der Waals surface area (Å²) in [6.45, 7) is 2.20. The maximum absolute atomic E-state index is 13.5. The highest BCUT2D eigenvalue weighted by molar-refractivity contribution is 6.01. The van der Waals surface area contributed by atoms with Crippen molar-refractivity contribution in [2.75, 3.05) is 0 Å². The lowest BCUT2D eigenvalue weighted by Gasteiger charge is -2.25. The van der Waals surface area contributed by atoms with E-state index in [1.165, 1.54) is 6.92 Å². The fourth-order valence-corrected chi connectivity index (χ4v) is 4.23. The Kier molecular flexibility index (Phi) is 7.73. The Bertz CT molecular complexity index is 1220. The lowest BCUT2D eigenvalue weighted by atomic mass is 10.0. The fraction of sp³-hybridized carbons (Fsp3) is 0.250. The number of hydrogen-bond acceptors (Lipinski definition) is 3. The van der Waals surface area contributed by atoms with Crippen molar-refractivity contribution in [1.29, 1.82) is 0 Å². The summed E-state index contributed by atoms with van der Waals surface area (Å²) in [6.07, 6.45) is 0.273. The highest BCUT2D eigenvalue weighted by Crippen LogP contribution is 2.23. The molecule has 186 valence electrons. The van der Waals surface area contributed by atoms with Crippen molar-refractivity contribution in [2.45, 2.75) is 39.0 Å². The van der Waals surface area contributed by atoms with Crippen LogP contribution in [0.25, 0.3) is 0 Å². The van der Waals surface area contributed by atoms with Gasteiger partial charge in [0.2, 0.25) is 17.7 Å². The third kappa shape index (κ3) is 6.13. The number of benzene rings is 3. The average molecular weight is 492 g/mol. The first kappa shape index (κ1) is 25.0. The van der Waals surface area contributed by atoms with Crippen LogP contribution in [0.4, 0.5) is 8.78 Å². The van der Waals surface area contributed by atoms with Crippen molar-refractivity contribution in [3.63, 3.8) is 0 Å². The van der Waals surface area contributed by atoms with Crippen LogP contribution in [0.3, 0.4) is 0 Å². The summed E-state index contributed by atoms with van der Waals surface area (Å²) in [6, 6.07) is 19.2. The minimum Gasteiger partial charge on any atom is -0.351 e. The van der Waals surface area contributed by atoms with Crippen LogP contribution >= 0.6 is 0 Å². The lowest BCUT2D eigenvalue weighted by Crippen LogP contribution is -2.51. The van der Waals surface area contributed by atoms with Gasteiger partial charge >= 0.3 is 0 Å².